The quantitative estimate of drug-likeness (QED) is 0.238. The molecular weight excluding hydrogens is 486 g/mol. The van der Waals surface area contributed by atoms with Gasteiger partial charge in [0, 0.05) is 26.2 Å². The van der Waals surface area contributed by atoms with Crippen LogP contribution in [-0.2, 0) is 9.59 Å². The Morgan fingerprint density at radius 3 is 1.97 bits per heavy atom. The fourth-order valence-corrected chi connectivity index (χ4v) is 5.77. The summed E-state index contributed by atoms with van der Waals surface area (Å²) in [4.78, 5) is 32.5. The molecule has 6 heteroatoms. The Morgan fingerprint density at radius 1 is 0.769 bits per heavy atom. The number of benzene rings is 3. The average Bonchev–Trinajstić information content (AvgIpc) is 3.28. The first-order valence-corrected chi connectivity index (χ1v) is 14.3. The Balaban J connectivity index is 1.20. The zero-order valence-electron chi connectivity index (χ0n) is 22.9. The molecule has 2 aliphatic heterocycles. The normalized spacial score (nSPS) is 18.7. The number of rotatable bonds is 11. The number of amides is 2. The van der Waals surface area contributed by atoms with Crippen molar-refractivity contribution in [1.29, 1.82) is 0 Å². The van der Waals surface area contributed by atoms with Crippen molar-refractivity contribution in [3.8, 4) is 5.75 Å². The highest BCUT2D eigenvalue weighted by molar-refractivity contribution is 6.22. The largest absolute Gasteiger partial charge is 0.494 e. The number of nitrogens with zero attached hydrogens (tertiary/aromatic N) is 3. The number of anilines is 1. The van der Waals surface area contributed by atoms with E-state index in [1.807, 2.05) is 36.4 Å². The van der Waals surface area contributed by atoms with Crippen molar-refractivity contribution in [2.45, 2.75) is 51.1 Å². The predicted molar refractivity (Wildman–Crippen MR) is 155 cm³/mol. The maximum absolute atomic E-state index is 13.4. The molecule has 2 heterocycles. The van der Waals surface area contributed by atoms with Crippen LogP contribution in [-0.4, -0.2) is 60.4 Å². The third-order valence-electron chi connectivity index (χ3n) is 7.87. The number of hydrogen-bond donors (Lipinski definition) is 0. The highest BCUT2D eigenvalue weighted by Gasteiger charge is 2.43. The molecule has 5 rings (SSSR count). The minimum Gasteiger partial charge on any atom is -0.494 e. The van der Waals surface area contributed by atoms with Crippen molar-refractivity contribution in [2.24, 2.45) is 0 Å². The van der Waals surface area contributed by atoms with Gasteiger partial charge in [0.05, 0.1) is 30.8 Å². The van der Waals surface area contributed by atoms with E-state index >= 15 is 0 Å². The van der Waals surface area contributed by atoms with Crippen molar-refractivity contribution in [3.05, 3.63) is 96.1 Å². The Morgan fingerprint density at radius 2 is 1.38 bits per heavy atom. The van der Waals surface area contributed by atoms with Gasteiger partial charge in [-0.15, -0.1) is 0 Å². The first-order chi connectivity index (χ1) is 19.2. The molecule has 0 aliphatic carbocycles. The van der Waals surface area contributed by atoms with Gasteiger partial charge in [0.15, 0.2) is 0 Å². The third kappa shape index (κ3) is 6.40. The number of ether oxygens (including phenoxy) is 1. The van der Waals surface area contributed by atoms with E-state index in [1.165, 1.54) is 35.3 Å². The number of carbonyl (C=O) groups is 2. The van der Waals surface area contributed by atoms with Crippen LogP contribution in [0.15, 0.2) is 84.9 Å². The monoisotopic (exact) mass is 525 g/mol. The Labute approximate surface area is 232 Å². The van der Waals surface area contributed by atoms with Crippen molar-refractivity contribution in [1.82, 2.24) is 9.80 Å². The van der Waals surface area contributed by atoms with E-state index < -0.39 is 6.04 Å². The molecule has 0 saturated carbocycles. The van der Waals surface area contributed by atoms with Gasteiger partial charge in [-0.1, -0.05) is 86.8 Å². The van der Waals surface area contributed by atoms with E-state index in [1.54, 1.807) is 0 Å². The summed E-state index contributed by atoms with van der Waals surface area (Å²) in [6.07, 6.45) is 4.85. The third-order valence-corrected chi connectivity index (χ3v) is 7.87. The van der Waals surface area contributed by atoms with Crippen LogP contribution in [0, 0.1) is 0 Å². The molecule has 0 radical (unpaired) electrons. The summed E-state index contributed by atoms with van der Waals surface area (Å²) >= 11 is 0. The van der Waals surface area contributed by atoms with Crippen molar-refractivity contribution < 1.29 is 14.3 Å². The van der Waals surface area contributed by atoms with Crippen LogP contribution in [0.5, 0.6) is 5.75 Å². The Hall–Kier alpha value is -3.48. The van der Waals surface area contributed by atoms with Crippen LogP contribution >= 0.6 is 0 Å². The van der Waals surface area contributed by atoms with Gasteiger partial charge < -0.3 is 4.74 Å². The summed E-state index contributed by atoms with van der Waals surface area (Å²) < 4.78 is 5.83. The number of unbranched alkanes of at least 4 members (excludes halogenated alkanes) is 3. The topological polar surface area (TPSA) is 53.1 Å². The van der Waals surface area contributed by atoms with Crippen LogP contribution in [0.4, 0.5) is 5.69 Å². The van der Waals surface area contributed by atoms with E-state index in [2.05, 4.69) is 65.3 Å². The van der Waals surface area contributed by atoms with Gasteiger partial charge in [0.25, 0.3) is 5.91 Å². The molecule has 0 spiro atoms. The molecule has 0 unspecified atom stereocenters. The molecular formula is C33H39N3O3. The predicted octanol–water partition coefficient (Wildman–Crippen LogP) is 5.68. The summed E-state index contributed by atoms with van der Waals surface area (Å²) in [7, 11) is 0. The van der Waals surface area contributed by atoms with Gasteiger partial charge in [0.1, 0.15) is 5.75 Å². The summed E-state index contributed by atoms with van der Waals surface area (Å²) in [6, 6.07) is 28.3. The van der Waals surface area contributed by atoms with E-state index in [9.17, 15) is 9.59 Å². The van der Waals surface area contributed by atoms with E-state index in [-0.39, 0.29) is 24.3 Å². The summed E-state index contributed by atoms with van der Waals surface area (Å²) in [5, 5.41) is 0. The molecule has 0 aromatic heterocycles. The minimum absolute atomic E-state index is 0.121. The molecule has 2 aliphatic rings. The SMILES string of the molecule is CCCCCCOc1ccc(N2C(=O)C[C@H](N3CCN(C(c4ccccc4)c4ccccc4)CC3)C2=O)cc1. The lowest BCUT2D eigenvalue weighted by Crippen LogP contribution is -2.53. The molecule has 0 bridgehead atoms. The maximum atomic E-state index is 13.4. The van der Waals surface area contributed by atoms with Gasteiger partial charge in [-0.3, -0.25) is 19.4 Å². The second-order valence-electron chi connectivity index (χ2n) is 10.5. The summed E-state index contributed by atoms with van der Waals surface area (Å²) in [6.45, 7) is 6.03. The highest BCUT2D eigenvalue weighted by atomic mass is 16.5. The number of imide groups is 1. The molecule has 39 heavy (non-hydrogen) atoms. The average molecular weight is 526 g/mol. The van der Waals surface area contributed by atoms with Gasteiger partial charge in [-0.2, -0.15) is 0 Å². The lowest BCUT2D eigenvalue weighted by atomic mass is 9.96. The van der Waals surface area contributed by atoms with Crippen LogP contribution in [0.1, 0.15) is 56.2 Å². The first-order valence-electron chi connectivity index (χ1n) is 14.3. The molecule has 1 atom stereocenters. The number of hydrogen-bond acceptors (Lipinski definition) is 5. The summed E-state index contributed by atoms with van der Waals surface area (Å²) in [5.74, 6) is 0.518. The molecule has 2 amide bonds. The van der Waals surface area contributed by atoms with E-state index in [4.69, 9.17) is 4.74 Å². The van der Waals surface area contributed by atoms with Crippen LogP contribution in [0.25, 0.3) is 0 Å². The smallest absolute Gasteiger partial charge is 0.251 e. The van der Waals surface area contributed by atoms with Crippen molar-refractivity contribution in [3.63, 3.8) is 0 Å². The highest BCUT2D eigenvalue weighted by Crippen LogP contribution is 2.32. The van der Waals surface area contributed by atoms with Crippen LogP contribution < -0.4 is 9.64 Å². The number of piperazine rings is 1. The lowest BCUT2D eigenvalue weighted by Gasteiger charge is -2.41. The van der Waals surface area contributed by atoms with Gasteiger partial charge in [-0.05, 0) is 41.8 Å². The zero-order chi connectivity index (χ0) is 27.0. The lowest BCUT2D eigenvalue weighted by molar-refractivity contribution is -0.123. The minimum atomic E-state index is -0.402. The van der Waals surface area contributed by atoms with Crippen LogP contribution in [0.3, 0.4) is 0 Å². The van der Waals surface area contributed by atoms with Gasteiger partial charge >= 0.3 is 0 Å². The number of carbonyl (C=O) groups excluding carboxylic acids is 2. The fraction of sp³-hybridized carbons (Fsp3) is 0.394. The van der Waals surface area contributed by atoms with E-state index in [0.29, 0.717) is 12.3 Å². The van der Waals surface area contributed by atoms with Gasteiger partial charge in [-0.25, -0.2) is 4.90 Å². The molecule has 0 N–H and O–H groups in total. The van der Waals surface area contributed by atoms with Crippen molar-refractivity contribution >= 4 is 17.5 Å². The Bertz CT molecular complexity index is 1170. The molecule has 204 valence electrons. The second kappa shape index (κ2) is 13.0. The van der Waals surface area contributed by atoms with Gasteiger partial charge in [0.2, 0.25) is 5.91 Å². The molecule has 2 saturated heterocycles. The van der Waals surface area contributed by atoms with Crippen LogP contribution in [0.2, 0.25) is 0 Å². The van der Waals surface area contributed by atoms with E-state index in [0.717, 1.165) is 38.3 Å². The molecule has 2 fully saturated rings. The Kier molecular flexibility index (Phi) is 9.07. The fourth-order valence-electron chi connectivity index (χ4n) is 5.77. The summed E-state index contributed by atoms with van der Waals surface area (Å²) in [5.41, 5.74) is 3.16. The maximum Gasteiger partial charge on any atom is 0.251 e. The van der Waals surface area contributed by atoms with Crippen molar-refractivity contribution in [2.75, 3.05) is 37.7 Å². The standard InChI is InChI=1S/C33H39N3O3/c1-2-3-4-11-24-39-29-18-16-28(17-19-29)36-31(37)25-30(33(36)38)34-20-22-35(23-21-34)32(26-12-7-5-8-13-26)27-14-9-6-10-15-27/h5-10,12-19,30,32H,2-4,11,20-25H2,1H3/t30-/m0/s1. The molecule has 6 nitrogen and oxygen atoms in total. The first kappa shape index (κ1) is 27.1. The molecule has 3 aromatic rings. The second-order valence-corrected chi connectivity index (χ2v) is 10.5. The molecule has 3 aromatic carbocycles. The zero-order valence-corrected chi connectivity index (χ0v) is 22.9.